The number of benzene rings is 1. The lowest BCUT2D eigenvalue weighted by Crippen LogP contribution is -2.38. The van der Waals surface area contributed by atoms with E-state index in [0.717, 1.165) is 43.3 Å². The molecule has 1 N–H and O–H groups in total. The Morgan fingerprint density at radius 1 is 1.10 bits per heavy atom. The molecule has 1 aliphatic rings. The van der Waals surface area contributed by atoms with Crippen molar-refractivity contribution < 1.29 is 19.0 Å². The third-order valence-electron chi connectivity index (χ3n) is 5.25. The SMILES string of the molecule is COc1ccc(CN(C)Cc2ccc(C)o2)cc1OCC(O)CN1CCCCC1. The Hall–Kier alpha value is -2.02. The molecule has 2 heterocycles. The summed E-state index contributed by atoms with van der Waals surface area (Å²) in [5.74, 6) is 3.24. The van der Waals surface area contributed by atoms with Gasteiger partial charge in [0.25, 0.3) is 0 Å². The molecule has 160 valence electrons. The van der Waals surface area contributed by atoms with Crippen molar-refractivity contribution in [3.63, 3.8) is 0 Å². The van der Waals surface area contributed by atoms with E-state index in [-0.39, 0.29) is 6.61 Å². The fraction of sp³-hybridized carbons (Fsp3) is 0.565. The molecule has 1 aliphatic heterocycles. The summed E-state index contributed by atoms with van der Waals surface area (Å²) in [4.78, 5) is 4.51. The number of aryl methyl sites for hydroxylation is 1. The van der Waals surface area contributed by atoms with E-state index < -0.39 is 6.10 Å². The van der Waals surface area contributed by atoms with E-state index >= 15 is 0 Å². The van der Waals surface area contributed by atoms with Crippen LogP contribution in [0.5, 0.6) is 11.5 Å². The molecule has 3 rings (SSSR count). The van der Waals surface area contributed by atoms with Gasteiger partial charge >= 0.3 is 0 Å². The van der Waals surface area contributed by atoms with Gasteiger partial charge in [0.05, 0.1) is 13.7 Å². The number of furan rings is 1. The topological polar surface area (TPSA) is 58.3 Å². The quantitative estimate of drug-likeness (QED) is 0.657. The van der Waals surface area contributed by atoms with Crippen LogP contribution in [0.15, 0.2) is 34.7 Å². The Morgan fingerprint density at radius 2 is 1.90 bits per heavy atom. The Kier molecular flexibility index (Phi) is 7.98. The normalized spacial score (nSPS) is 16.2. The van der Waals surface area contributed by atoms with Gasteiger partial charge in [0.2, 0.25) is 0 Å². The van der Waals surface area contributed by atoms with Crippen molar-refractivity contribution in [2.75, 3.05) is 40.4 Å². The van der Waals surface area contributed by atoms with Gasteiger partial charge in [-0.05, 0) is 69.7 Å². The summed E-state index contributed by atoms with van der Waals surface area (Å²) in [5.41, 5.74) is 1.12. The minimum Gasteiger partial charge on any atom is -0.493 e. The molecule has 2 aromatic rings. The molecular formula is C23H34N2O4. The molecule has 0 amide bonds. The second kappa shape index (κ2) is 10.7. The van der Waals surface area contributed by atoms with Crippen molar-refractivity contribution >= 4 is 0 Å². The van der Waals surface area contributed by atoms with Gasteiger partial charge in [-0.2, -0.15) is 0 Å². The fourth-order valence-electron chi connectivity index (χ4n) is 3.81. The first-order valence-corrected chi connectivity index (χ1v) is 10.5. The third kappa shape index (κ3) is 6.77. The number of rotatable bonds is 10. The number of hydrogen-bond donors (Lipinski definition) is 1. The molecule has 0 aliphatic carbocycles. The summed E-state index contributed by atoms with van der Waals surface area (Å²) in [5, 5.41) is 10.4. The Bertz CT molecular complexity index is 755. The highest BCUT2D eigenvalue weighted by molar-refractivity contribution is 5.43. The zero-order valence-corrected chi connectivity index (χ0v) is 17.9. The zero-order valence-electron chi connectivity index (χ0n) is 17.9. The maximum Gasteiger partial charge on any atom is 0.161 e. The predicted octanol–water partition coefficient (Wildman–Crippen LogP) is 3.45. The first kappa shape index (κ1) is 21.7. The van der Waals surface area contributed by atoms with E-state index in [9.17, 15) is 5.11 Å². The van der Waals surface area contributed by atoms with E-state index in [1.165, 1.54) is 19.3 Å². The highest BCUT2D eigenvalue weighted by Gasteiger charge is 2.16. The second-order valence-electron chi connectivity index (χ2n) is 8.00. The van der Waals surface area contributed by atoms with Crippen LogP contribution in [0.3, 0.4) is 0 Å². The molecule has 29 heavy (non-hydrogen) atoms. The molecule has 0 spiro atoms. The monoisotopic (exact) mass is 402 g/mol. The molecule has 1 fully saturated rings. The van der Waals surface area contributed by atoms with Crippen molar-refractivity contribution in [3.8, 4) is 11.5 Å². The molecule has 1 aromatic carbocycles. The second-order valence-corrected chi connectivity index (χ2v) is 8.00. The standard InChI is InChI=1S/C23H34N2O4/c1-18-7-9-21(29-18)16-24(2)14-19-8-10-22(27-3)23(13-19)28-17-20(26)15-25-11-5-4-6-12-25/h7-10,13,20,26H,4-6,11-12,14-17H2,1-3H3. The van der Waals surface area contributed by atoms with Gasteiger partial charge in [-0.25, -0.2) is 0 Å². The lowest BCUT2D eigenvalue weighted by atomic mass is 10.1. The number of nitrogens with zero attached hydrogens (tertiary/aromatic N) is 2. The zero-order chi connectivity index (χ0) is 20.6. The van der Waals surface area contributed by atoms with Crippen molar-refractivity contribution in [2.45, 2.75) is 45.4 Å². The number of β-amino-alcohol motifs (C(OH)–C–C–N with tert-alkyl or cyclic N) is 1. The molecule has 6 nitrogen and oxygen atoms in total. The highest BCUT2D eigenvalue weighted by Crippen LogP contribution is 2.29. The van der Waals surface area contributed by atoms with Crippen molar-refractivity contribution in [1.82, 2.24) is 9.80 Å². The molecule has 1 saturated heterocycles. The van der Waals surface area contributed by atoms with E-state index in [2.05, 4.69) is 16.8 Å². The van der Waals surface area contributed by atoms with Crippen LogP contribution in [-0.2, 0) is 13.1 Å². The van der Waals surface area contributed by atoms with Crippen LogP contribution in [-0.4, -0.2) is 61.4 Å². The van der Waals surface area contributed by atoms with Gasteiger partial charge in [-0.1, -0.05) is 12.5 Å². The molecule has 1 unspecified atom stereocenters. The number of methoxy groups -OCH3 is 1. The van der Waals surface area contributed by atoms with Crippen molar-refractivity contribution in [2.24, 2.45) is 0 Å². The lowest BCUT2D eigenvalue weighted by molar-refractivity contribution is 0.0608. The van der Waals surface area contributed by atoms with Crippen LogP contribution in [0.25, 0.3) is 0 Å². The maximum atomic E-state index is 10.4. The molecule has 0 radical (unpaired) electrons. The number of hydrogen-bond acceptors (Lipinski definition) is 6. The van der Waals surface area contributed by atoms with E-state index in [1.807, 2.05) is 37.3 Å². The molecular weight excluding hydrogens is 368 g/mol. The lowest BCUT2D eigenvalue weighted by Gasteiger charge is -2.28. The first-order valence-electron chi connectivity index (χ1n) is 10.5. The third-order valence-corrected chi connectivity index (χ3v) is 5.25. The summed E-state index contributed by atoms with van der Waals surface area (Å²) in [6.07, 6.45) is 3.22. The molecule has 1 atom stereocenters. The number of piperidine rings is 1. The highest BCUT2D eigenvalue weighted by atomic mass is 16.5. The fourth-order valence-corrected chi connectivity index (χ4v) is 3.81. The minimum atomic E-state index is -0.508. The summed E-state index contributed by atoms with van der Waals surface area (Å²) < 4.78 is 17.0. The van der Waals surface area contributed by atoms with Crippen LogP contribution in [0.2, 0.25) is 0 Å². The maximum absolute atomic E-state index is 10.4. The van der Waals surface area contributed by atoms with Crippen molar-refractivity contribution in [3.05, 3.63) is 47.4 Å². The molecule has 1 aromatic heterocycles. The predicted molar refractivity (Wildman–Crippen MR) is 113 cm³/mol. The van der Waals surface area contributed by atoms with E-state index in [1.54, 1.807) is 7.11 Å². The molecule has 0 saturated carbocycles. The van der Waals surface area contributed by atoms with Gasteiger partial charge < -0.3 is 23.9 Å². The average Bonchev–Trinajstić information content (AvgIpc) is 3.11. The Morgan fingerprint density at radius 3 is 2.59 bits per heavy atom. The minimum absolute atomic E-state index is 0.262. The van der Waals surface area contributed by atoms with Crippen LogP contribution in [0.1, 0.15) is 36.3 Å². The summed E-state index contributed by atoms with van der Waals surface area (Å²) in [7, 11) is 3.70. The van der Waals surface area contributed by atoms with Gasteiger partial charge in [-0.15, -0.1) is 0 Å². The van der Waals surface area contributed by atoms with Gasteiger partial charge in [0.15, 0.2) is 11.5 Å². The van der Waals surface area contributed by atoms with Gasteiger partial charge in [-0.3, -0.25) is 4.90 Å². The van der Waals surface area contributed by atoms with Crippen LogP contribution < -0.4 is 9.47 Å². The van der Waals surface area contributed by atoms with Gasteiger partial charge in [0, 0.05) is 13.1 Å². The van der Waals surface area contributed by atoms with Gasteiger partial charge in [0.1, 0.15) is 24.2 Å². The van der Waals surface area contributed by atoms with E-state index in [4.69, 9.17) is 13.9 Å². The summed E-state index contributed by atoms with van der Waals surface area (Å²) in [6.45, 7) is 6.51. The van der Waals surface area contributed by atoms with E-state index in [0.29, 0.717) is 18.0 Å². The van der Waals surface area contributed by atoms with Crippen molar-refractivity contribution in [1.29, 1.82) is 0 Å². The van der Waals surface area contributed by atoms with Crippen LogP contribution >= 0.6 is 0 Å². The molecule has 0 bridgehead atoms. The average molecular weight is 403 g/mol. The Labute approximate surface area is 174 Å². The number of aliphatic hydroxyl groups excluding tert-OH is 1. The largest absolute Gasteiger partial charge is 0.493 e. The molecule has 6 heteroatoms. The van der Waals surface area contributed by atoms with Crippen LogP contribution in [0, 0.1) is 6.92 Å². The number of likely N-dealkylation sites (tertiary alicyclic amines) is 1. The summed E-state index contributed by atoms with van der Waals surface area (Å²) in [6, 6.07) is 9.96. The summed E-state index contributed by atoms with van der Waals surface area (Å²) >= 11 is 0. The number of ether oxygens (including phenoxy) is 2. The smallest absolute Gasteiger partial charge is 0.161 e. The van der Waals surface area contributed by atoms with Crippen LogP contribution in [0.4, 0.5) is 0 Å². The Balaban J connectivity index is 1.54. The first-order chi connectivity index (χ1) is 14.0. The number of aliphatic hydroxyl groups is 1.